The van der Waals surface area contributed by atoms with Crippen molar-refractivity contribution in [1.29, 1.82) is 0 Å². The van der Waals surface area contributed by atoms with Crippen molar-refractivity contribution in [2.75, 3.05) is 13.1 Å². The Kier molecular flexibility index (Phi) is 4.02. The van der Waals surface area contributed by atoms with Gasteiger partial charge in [-0.1, -0.05) is 0 Å². The second kappa shape index (κ2) is 5.21. The molecule has 1 aliphatic heterocycles. The number of aryl methyl sites for hydroxylation is 1. The Morgan fingerprint density at radius 2 is 2.10 bits per heavy atom. The monoisotopic (exact) mass is 344 g/mol. The van der Waals surface area contributed by atoms with E-state index < -0.39 is 47.1 Å². The lowest BCUT2D eigenvalue weighted by molar-refractivity contribution is -0.187. The molecule has 0 saturated carbocycles. The van der Waals surface area contributed by atoms with Crippen LogP contribution in [0, 0.1) is 18.8 Å². The number of nitrogens with zero attached hydrogens (tertiary/aromatic N) is 2. The number of aliphatic carboxylic acids is 1. The van der Waals surface area contributed by atoms with Gasteiger partial charge in [0.25, 0.3) is 10.0 Å². The van der Waals surface area contributed by atoms with Crippen LogP contribution in [0.15, 0.2) is 10.4 Å². The van der Waals surface area contributed by atoms with Gasteiger partial charge < -0.3 is 5.11 Å². The Hall–Kier alpha value is -1.20. The molecular weight excluding hydrogens is 333 g/mol. The van der Waals surface area contributed by atoms with Gasteiger partial charge in [-0.15, -0.1) is 11.3 Å². The third-order valence-corrected chi connectivity index (χ3v) is 6.40. The lowest BCUT2D eigenvalue weighted by Gasteiger charge is -2.18. The average molecular weight is 344 g/mol. The number of hydrogen-bond donors (Lipinski definition) is 1. The summed E-state index contributed by atoms with van der Waals surface area (Å²) in [6.07, 6.45) is -3.71. The first-order valence-electron chi connectivity index (χ1n) is 5.75. The molecule has 1 N–H and O–H groups in total. The molecule has 11 heteroatoms. The summed E-state index contributed by atoms with van der Waals surface area (Å²) in [5, 5.41) is 9.33. The molecular formula is C10H11F3N2O4S2. The average Bonchev–Trinajstić information content (AvgIpc) is 2.93. The Bertz CT molecular complexity index is 656. The lowest BCUT2D eigenvalue weighted by atomic mass is 9.96. The molecule has 2 rings (SSSR count). The standard InChI is InChI=1S/C10H11F3N2O4S2/c1-5-14-2-8(20-5)21(18,19)15-3-6(9(16)17)7(4-15)10(11,12)13/h2,6-7H,3-4H2,1H3,(H,16,17)/t6-,7-/m1/s1. The van der Waals surface area contributed by atoms with Crippen molar-refractivity contribution in [3.63, 3.8) is 0 Å². The smallest absolute Gasteiger partial charge is 0.393 e. The molecule has 2 atom stereocenters. The maximum atomic E-state index is 12.8. The highest BCUT2D eigenvalue weighted by molar-refractivity contribution is 7.91. The maximum Gasteiger partial charge on any atom is 0.393 e. The van der Waals surface area contributed by atoms with Crippen LogP contribution in [0.1, 0.15) is 5.01 Å². The second-order valence-corrected chi connectivity index (χ2v) is 8.01. The summed E-state index contributed by atoms with van der Waals surface area (Å²) in [7, 11) is -4.15. The molecule has 1 saturated heterocycles. The second-order valence-electron chi connectivity index (χ2n) is 4.61. The number of halogens is 3. The van der Waals surface area contributed by atoms with Crippen molar-refractivity contribution >= 4 is 27.3 Å². The minimum absolute atomic E-state index is 0.188. The number of carbonyl (C=O) groups is 1. The van der Waals surface area contributed by atoms with E-state index in [1.54, 1.807) is 6.92 Å². The van der Waals surface area contributed by atoms with Crippen molar-refractivity contribution < 1.29 is 31.5 Å². The van der Waals surface area contributed by atoms with E-state index in [-0.39, 0.29) is 4.21 Å². The van der Waals surface area contributed by atoms with Crippen molar-refractivity contribution in [2.45, 2.75) is 17.3 Å². The number of thiazole rings is 1. The SMILES string of the molecule is Cc1ncc(S(=O)(=O)N2C[C@@H](C(F)(F)F)[C@H](C(=O)O)C2)s1. The molecule has 2 heterocycles. The normalized spacial score (nSPS) is 24.4. The molecule has 21 heavy (non-hydrogen) atoms. The van der Waals surface area contributed by atoms with E-state index in [1.165, 1.54) is 0 Å². The van der Waals surface area contributed by atoms with Gasteiger partial charge in [0, 0.05) is 13.1 Å². The molecule has 0 radical (unpaired) electrons. The van der Waals surface area contributed by atoms with E-state index in [1.807, 2.05) is 0 Å². The zero-order valence-corrected chi connectivity index (χ0v) is 12.3. The Morgan fingerprint density at radius 3 is 2.48 bits per heavy atom. The summed E-state index contributed by atoms with van der Waals surface area (Å²) < 4.78 is 63.4. The van der Waals surface area contributed by atoms with Crippen LogP contribution in [0.25, 0.3) is 0 Å². The van der Waals surface area contributed by atoms with Gasteiger partial charge in [0.15, 0.2) is 4.21 Å². The highest BCUT2D eigenvalue weighted by Gasteiger charge is 2.55. The molecule has 1 fully saturated rings. The number of rotatable bonds is 3. The largest absolute Gasteiger partial charge is 0.481 e. The van der Waals surface area contributed by atoms with Gasteiger partial charge in [-0.25, -0.2) is 13.4 Å². The molecule has 6 nitrogen and oxygen atoms in total. The van der Waals surface area contributed by atoms with Crippen LogP contribution in [0.4, 0.5) is 13.2 Å². The first-order chi connectivity index (χ1) is 9.53. The summed E-state index contributed by atoms with van der Waals surface area (Å²) in [5.41, 5.74) is 0. The number of sulfonamides is 1. The topological polar surface area (TPSA) is 87.6 Å². The van der Waals surface area contributed by atoms with E-state index in [0.717, 1.165) is 17.5 Å². The van der Waals surface area contributed by atoms with Gasteiger partial charge in [0.2, 0.25) is 0 Å². The van der Waals surface area contributed by atoms with E-state index in [4.69, 9.17) is 5.11 Å². The van der Waals surface area contributed by atoms with E-state index in [0.29, 0.717) is 9.31 Å². The first kappa shape index (κ1) is 16.2. The molecule has 0 spiro atoms. The molecule has 0 unspecified atom stereocenters. The number of carboxylic acids is 1. The van der Waals surface area contributed by atoms with Gasteiger partial charge in [-0.2, -0.15) is 17.5 Å². The molecule has 118 valence electrons. The van der Waals surface area contributed by atoms with E-state index in [2.05, 4.69) is 4.98 Å². The third-order valence-electron chi connectivity index (χ3n) is 3.22. The summed E-state index contributed by atoms with van der Waals surface area (Å²) in [6.45, 7) is -0.0230. The van der Waals surface area contributed by atoms with Crippen LogP contribution in [0.5, 0.6) is 0 Å². The summed E-state index contributed by atoms with van der Waals surface area (Å²) in [5.74, 6) is -5.66. The summed E-state index contributed by atoms with van der Waals surface area (Å²) in [6, 6.07) is 0. The van der Waals surface area contributed by atoms with Crippen molar-refractivity contribution in [2.24, 2.45) is 11.8 Å². The molecule has 1 aromatic heterocycles. The Morgan fingerprint density at radius 1 is 1.48 bits per heavy atom. The molecule has 0 aromatic carbocycles. The molecule has 1 aromatic rings. The van der Waals surface area contributed by atoms with Crippen LogP contribution < -0.4 is 0 Å². The Labute approximate surface area is 122 Å². The maximum absolute atomic E-state index is 12.8. The van der Waals surface area contributed by atoms with Gasteiger partial charge >= 0.3 is 12.1 Å². The minimum Gasteiger partial charge on any atom is -0.481 e. The highest BCUT2D eigenvalue weighted by atomic mass is 32.2. The van der Waals surface area contributed by atoms with Crippen LogP contribution in [-0.2, 0) is 14.8 Å². The number of carboxylic acid groups (broad SMARTS) is 1. The van der Waals surface area contributed by atoms with E-state index >= 15 is 0 Å². The Balaban J connectivity index is 2.33. The van der Waals surface area contributed by atoms with Crippen molar-refractivity contribution in [3.8, 4) is 0 Å². The van der Waals surface area contributed by atoms with Crippen molar-refractivity contribution in [3.05, 3.63) is 11.2 Å². The summed E-state index contributed by atoms with van der Waals surface area (Å²) in [4.78, 5) is 14.7. The minimum atomic E-state index is -4.77. The highest BCUT2D eigenvalue weighted by Crippen LogP contribution is 2.40. The predicted octanol–water partition coefficient (Wildman–Crippen LogP) is 1.34. The fourth-order valence-electron chi connectivity index (χ4n) is 2.13. The van der Waals surface area contributed by atoms with Gasteiger partial charge in [-0.3, -0.25) is 4.79 Å². The molecule has 0 aliphatic carbocycles. The van der Waals surface area contributed by atoms with Crippen molar-refractivity contribution in [1.82, 2.24) is 9.29 Å². The first-order valence-corrected chi connectivity index (χ1v) is 8.01. The van der Waals surface area contributed by atoms with Gasteiger partial charge in [-0.05, 0) is 6.92 Å². The molecule has 1 aliphatic rings. The van der Waals surface area contributed by atoms with Crippen LogP contribution in [0.3, 0.4) is 0 Å². The zero-order chi connectivity index (χ0) is 16.0. The third kappa shape index (κ3) is 3.04. The lowest BCUT2D eigenvalue weighted by Crippen LogP contribution is -2.34. The number of alkyl halides is 3. The molecule has 0 bridgehead atoms. The van der Waals surface area contributed by atoms with E-state index in [9.17, 15) is 26.4 Å². The molecule has 0 amide bonds. The van der Waals surface area contributed by atoms with Gasteiger partial charge in [0.05, 0.1) is 23.0 Å². The summed E-state index contributed by atoms with van der Waals surface area (Å²) >= 11 is 0.830. The number of hydrogen-bond acceptors (Lipinski definition) is 5. The quantitative estimate of drug-likeness (QED) is 0.894. The number of aromatic nitrogens is 1. The van der Waals surface area contributed by atoms with Crippen LogP contribution in [-0.4, -0.2) is 48.0 Å². The van der Waals surface area contributed by atoms with Gasteiger partial charge in [0.1, 0.15) is 0 Å². The van der Waals surface area contributed by atoms with Crippen LogP contribution >= 0.6 is 11.3 Å². The fraction of sp³-hybridized carbons (Fsp3) is 0.600. The zero-order valence-electron chi connectivity index (χ0n) is 10.7. The predicted molar refractivity (Wildman–Crippen MR) is 66.3 cm³/mol. The van der Waals surface area contributed by atoms with Crippen LogP contribution in [0.2, 0.25) is 0 Å². The fourth-order valence-corrected chi connectivity index (χ4v) is 4.89.